The Morgan fingerprint density at radius 3 is 2.80 bits per heavy atom. The lowest BCUT2D eigenvalue weighted by Gasteiger charge is -2.04. The predicted molar refractivity (Wildman–Crippen MR) is 97.6 cm³/mol. The summed E-state index contributed by atoms with van der Waals surface area (Å²) in [7, 11) is 1.36. The van der Waals surface area contributed by atoms with Crippen LogP contribution >= 0.6 is 11.3 Å². The van der Waals surface area contributed by atoms with Crippen molar-refractivity contribution in [1.82, 2.24) is 10.2 Å². The molecule has 1 heterocycles. The van der Waals surface area contributed by atoms with Gasteiger partial charge in [0.25, 0.3) is 0 Å². The third kappa shape index (κ3) is 4.13. The molecule has 128 valence electrons. The molecule has 0 aliphatic rings. The summed E-state index contributed by atoms with van der Waals surface area (Å²) in [5.74, 6) is 0.421. The number of nitrogens with one attached hydrogen (secondary N) is 1. The number of esters is 1. The van der Waals surface area contributed by atoms with Crippen molar-refractivity contribution in [3.63, 3.8) is 0 Å². The molecular weight excluding hydrogens is 338 g/mol. The third-order valence-corrected chi connectivity index (χ3v) is 4.24. The van der Waals surface area contributed by atoms with Crippen molar-refractivity contribution >= 4 is 28.1 Å². The molecule has 0 amide bonds. The molecule has 1 N–H and O–H groups in total. The monoisotopic (exact) mass is 355 g/mol. The molecule has 0 radical (unpaired) electrons. The zero-order valence-corrected chi connectivity index (χ0v) is 14.7. The van der Waals surface area contributed by atoms with Gasteiger partial charge in [-0.05, 0) is 37.3 Å². The predicted octanol–water partition coefficient (Wildman–Crippen LogP) is 4.13. The lowest BCUT2D eigenvalue weighted by molar-refractivity contribution is 0.0601. The highest BCUT2D eigenvalue weighted by Gasteiger charge is 2.10. The number of rotatable bonds is 6. The molecule has 0 aliphatic heterocycles. The quantitative estimate of drug-likeness (QED) is 0.670. The second-order valence-corrected chi connectivity index (χ2v) is 6.05. The molecule has 0 saturated heterocycles. The zero-order chi connectivity index (χ0) is 17.6. The van der Waals surface area contributed by atoms with E-state index in [9.17, 15) is 4.79 Å². The van der Waals surface area contributed by atoms with Gasteiger partial charge < -0.3 is 14.8 Å². The summed E-state index contributed by atoms with van der Waals surface area (Å²) in [5.41, 5.74) is 2.16. The van der Waals surface area contributed by atoms with E-state index in [-0.39, 0.29) is 5.97 Å². The Kier molecular flexibility index (Phi) is 5.25. The number of nitrogens with zero attached hydrogens (tertiary/aromatic N) is 2. The molecule has 0 bridgehead atoms. The molecule has 0 aliphatic carbocycles. The first-order valence-corrected chi connectivity index (χ1v) is 8.53. The summed E-state index contributed by atoms with van der Waals surface area (Å²) >= 11 is 1.42. The normalized spacial score (nSPS) is 10.3. The molecule has 1 aromatic heterocycles. The Morgan fingerprint density at radius 1 is 1.16 bits per heavy atom. The number of benzene rings is 2. The fourth-order valence-corrected chi connectivity index (χ4v) is 3.00. The molecule has 7 heteroatoms. The van der Waals surface area contributed by atoms with Gasteiger partial charge >= 0.3 is 5.97 Å². The zero-order valence-electron chi connectivity index (χ0n) is 13.9. The third-order valence-electron chi connectivity index (χ3n) is 3.35. The summed E-state index contributed by atoms with van der Waals surface area (Å²) < 4.78 is 10.2. The van der Waals surface area contributed by atoms with E-state index in [0.29, 0.717) is 17.3 Å². The van der Waals surface area contributed by atoms with Crippen LogP contribution in [-0.4, -0.2) is 29.9 Å². The highest BCUT2D eigenvalue weighted by atomic mass is 32.1. The maximum absolute atomic E-state index is 11.6. The molecule has 0 fully saturated rings. The summed E-state index contributed by atoms with van der Waals surface area (Å²) in [6.45, 7) is 2.56. The van der Waals surface area contributed by atoms with Gasteiger partial charge in [-0.3, -0.25) is 0 Å². The number of carbonyl (C=O) groups is 1. The van der Waals surface area contributed by atoms with Gasteiger partial charge in [0, 0.05) is 11.3 Å². The highest BCUT2D eigenvalue weighted by molar-refractivity contribution is 7.18. The molecule has 0 saturated carbocycles. The maximum Gasteiger partial charge on any atom is 0.337 e. The lowest BCUT2D eigenvalue weighted by atomic mass is 10.2. The van der Waals surface area contributed by atoms with Crippen molar-refractivity contribution in [2.75, 3.05) is 19.0 Å². The minimum Gasteiger partial charge on any atom is -0.494 e. The van der Waals surface area contributed by atoms with E-state index < -0.39 is 0 Å². The topological polar surface area (TPSA) is 73.3 Å². The van der Waals surface area contributed by atoms with Crippen LogP contribution in [0.15, 0.2) is 48.5 Å². The Labute approximate surface area is 149 Å². The van der Waals surface area contributed by atoms with E-state index in [1.54, 1.807) is 18.2 Å². The number of ether oxygens (including phenoxy) is 2. The van der Waals surface area contributed by atoms with Gasteiger partial charge in [-0.1, -0.05) is 29.5 Å². The Bertz CT molecular complexity index is 879. The summed E-state index contributed by atoms with van der Waals surface area (Å²) in [4.78, 5) is 11.6. The van der Waals surface area contributed by atoms with E-state index >= 15 is 0 Å². The second kappa shape index (κ2) is 7.76. The maximum atomic E-state index is 11.6. The first-order valence-electron chi connectivity index (χ1n) is 7.71. The van der Waals surface area contributed by atoms with Crippen LogP contribution in [0.5, 0.6) is 5.75 Å². The van der Waals surface area contributed by atoms with Gasteiger partial charge in [0.2, 0.25) is 5.13 Å². The summed E-state index contributed by atoms with van der Waals surface area (Å²) in [6, 6.07) is 14.8. The van der Waals surface area contributed by atoms with Gasteiger partial charge in [0.05, 0.1) is 19.3 Å². The molecule has 25 heavy (non-hydrogen) atoms. The van der Waals surface area contributed by atoms with Gasteiger partial charge in [-0.25, -0.2) is 4.79 Å². The lowest BCUT2D eigenvalue weighted by Crippen LogP contribution is -2.01. The van der Waals surface area contributed by atoms with Gasteiger partial charge in [-0.2, -0.15) is 0 Å². The van der Waals surface area contributed by atoms with Crippen LogP contribution < -0.4 is 10.1 Å². The molecule has 0 atom stereocenters. The van der Waals surface area contributed by atoms with Gasteiger partial charge in [0.1, 0.15) is 10.8 Å². The average Bonchev–Trinajstić information content (AvgIpc) is 3.10. The van der Waals surface area contributed by atoms with Crippen molar-refractivity contribution in [3.05, 3.63) is 54.1 Å². The minimum absolute atomic E-state index is 0.380. The summed E-state index contributed by atoms with van der Waals surface area (Å²) in [6.07, 6.45) is 0. The smallest absolute Gasteiger partial charge is 0.337 e. The number of hydrogen-bond acceptors (Lipinski definition) is 7. The van der Waals surface area contributed by atoms with Crippen molar-refractivity contribution in [2.45, 2.75) is 6.92 Å². The second-order valence-electron chi connectivity index (χ2n) is 5.07. The SMILES string of the molecule is CCOc1cccc(-c2nnc(Nc3cccc(C(=O)OC)c3)s2)c1. The largest absolute Gasteiger partial charge is 0.494 e. The van der Waals surface area contributed by atoms with Crippen molar-refractivity contribution in [1.29, 1.82) is 0 Å². The van der Waals surface area contributed by atoms with Gasteiger partial charge in [0.15, 0.2) is 0 Å². The number of anilines is 2. The first kappa shape index (κ1) is 16.9. The molecule has 0 spiro atoms. The molecule has 6 nitrogen and oxygen atoms in total. The Balaban J connectivity index is 1.78. The Morgan fingerprint density at radius 2 is 2.00 bits per heavy atom. The van der Waals surface area contributed by atoms with Crippen LogP contribution in [0.3, 0.4) is 0 Å². The average molecular weight is 355 g/mol. The molecule has 3 aromatic rings. The number of methoxy groups -OCH3 is 1. The van der Waals surface area contributed by atoms with Crippen LogP contribution in [0.2, 0.25) is 0 Å². The Hall–Kier alpha value is -2.93. The van der Waals surface area contributed by atoms with Crippen LogP contribution in [0.1, 0.15) is 17.3 Å². The highest BCUT2D eigenvalue weighted by Crippen LogP contribution is 2.30. The van der Waals surface area contributed by atoms with Crippen LogP contribution in [0.25, 0.3) is 10.6 Å². The standard InChI is InChI=1S/C18H17N3O3S/c1-3-24-15-9-5-6-12(11-15)16-20-21-18(25-16)19-14-8-4-7-13(10-14)17(22)23-2/h4-11H,3H2,1-2H3,(H,19,21). The minimum atomic E-state index is -0.380. The van der Waals surface area contributed by atoms with E-state index in [0.717, 1.165) is 22.0 Å². The molecule has 2 aromatic carbocycles. The molecular formula is C18H17N3O3S. The van der Waals surface area contributed by atoms with Crippen molar-refractivity contribution < 1.29 is 14.3 Å². The van der Waals surface area contributed by atoms with Crippen molar-refractivity contribution in [2.24, 2.45) is 0 Å². The van der Waals surface area contributed by atoms with E-state index in [1.807, 2.05) is 37.3 Å². The first-order chi connectivity index (χ1) is 12.2. The van der Waals surface area contributed by atoms with E-state index in [1.165, 1.54) is 18.4 Å². The van der Waals surface area contributed by atoms with E-state index in [2.05, 4.69) is 15.5 Å². The van der Waals surface area contributed by atoms with Crippen LogP contribution in [0.4, 0.5) is 10.8 Å². The number of carbonyl (C=O) groups excluding carboxylic acids is 1. The van der Waals surface area contributed by atoms with Crippen molar-refractivity contribution in [3.8, 4) is 16.3 Å². The summed E-state index contributed by atoms with van der Waals surface area (Å²) in [5, 5.41) is 13.0. The van der Waals surface area contributed by atoms with Crippen LogP contribution in [0, 0.1) is 0 Å². The number of aromatic nitrogens is 2. The van der Waals surface area contributed by atoms with E-state index in [4.69, 9.17) is 9.47 Å². The fourth-order valence-electron chi connectivity index (χ4n) is 2.24. The molecule has 3 rings (SSSR count). The number of hydrogen-bond donors (Lipinski definition) is 1. The van der Waals surface area contributed by atoms with Gasteiger partial charge in [-0.15, -0.1) is 10.2 Å². The van der Waals surface area contributed by atoms with Crippen LogP contribution in [-0.2, 0) is 4.74 Å². The molecule has 0 unspecified atom stereocenters. The fraction of sp³-hybridized carbons (Fsp3) is 0.167.